The average molecular weight is 232 g/mol. The molecule has 2 rings (SSSR count). The van der Waals surface area contributed by atoms with Crippen LogP contribution >= 0.6 is 0 Å². The minimum atomic E-state index is -0.711. The van der Waals surface area contributed by atoms with Crippen LogP contribution in [0.1, 0.15) is 5.56 Å². The smallest absolute Gasteiger partial charge is 0.334 e. The average Bonchev–Trinajstić information content (AvgIpc) is 2.55. The van der Waals surface area contributed by atoms with Crippen molar-refractivity contribution >= 4 is 23.3 Å². The number of primary amides is 1. The lowest BCUT2D eigenvalue weighted by Crippen LogP contribution is -2.32. The van der Waals surface area contributed by atoms with E-state index in [1.54, 1.807) is 13.1 Å². The van der Waals surface area contributed by atoms with Gasteiger partial charge in [-0.25, -0.2) is 9.80 Å². The van der Waals surface area contributed by atoms with Gasteiger partial charge in [0, 0.05) is 19.7 Å². The van der Waals surface area contributed by atoms with Crippen molar-refractivity contribution in [3.8, 4) is 0 Å². The van der Waals surface area contributed by atoms with Gasteiger partial charge < -0.3 is 10.6 Å². The maximum atomic E-state index is 11.9. The first-order valence-corrected chi connectivity index (χ1v) is 5.01. The molecule has 0 atom stereocenters. The van der Waals surface area contributed by atoms with Gasteiger partial charge in [-0.15, -0.1) is 0 Å². The lowest BCUT2D eigenvalue weighted by Gasteiger charge is -2.08. The highest BCUT2D eigenvalue weighted by Gasteiger charge is 2.31. The van der Waals surface area contributed by atoms with E-state index in [2.05, 4.69) is 5.10 Å². The number of anilines is 1. The highest BCUT2D eigenvalue weighted by molar-refractivity contribution is 6.54. The SMILES string of the molecule is CN(/N=C1\C(=O)N(C)c2ccccc21)C(N)=O. The lowest BCUT2D eigenvalue weighted by atomic mass is 10.1. The number of urea groups is 1. The second-order valence-electron chi connectivity index (χ2n) is 3.69. The van der Waals surface area contributed by atoms with E-state index in [1.165, 1.54) is 11.9 Å². The predicted octanol–water partition coefficient (Wildman–Crippen LogP) is 0.378. The topological polar surface area (TPSA) is 79.0 Å². The molecule has 1 aromatic rings. The van der Waals surface area contributed by atoms with Crippen molar-refractivity contribution in [2.45, 2.75) is 0 Å². The third-order valence-electron chi connectivity index (χ3n) is 2.60. The van der Waals surface area contributed by atoms with Crippen molar-refractivity contribution in [2.24, 2.45) is 10.8 Å². The molecule has 88 valence electrons. The van der Waals surface area contributed by atoms with Crippen LogP contribution in [0.5, 0.6) is 0 Å². The first-order valence-electron chi connectivity index (χ1n) is 5.01. The molecule has 0 saturated heterocycles. The summed E-state index contributed by atoms with van der Waals surface area (Å²) in [5, 5.41) is 4.88. The van der Waals surface area contributed by atoms with E-state index in [-0.39, 0.29) is 11.6 Å². The van der Waals surface area contributed by atoms with Gasteiger partial charge in [0.05, 0.1) is 5.69 Å². The summed E-state index contributed by atoms with van der Waals surface area (Å²) in [6.07, 6.45) is 0. The van der Waals surface area contributed by atoms with Gasteiger partial charge in [-0.05, 0) is 6.07 Å². The molecule has 1 aromatic carbocycles. The molecule has 0 radical (unpaired) electrons. The van der Waals surface area contributed by atoms with Gasteiger partial charge >= 0.3 is 6.03 Å². The highest BCUT2D eigenvalue weighted by atomic mass is 16.2. The van der Waals surface area contributed by atoms with Crippen molar-refractivity contribution in [1.29, 1.82) is 0 Å². The van der Waals surface area contributed by atoms with E-state index in [0.29, 0.717) is 5.56 Å². The molecule has 0 unspecified atom stereocenters. The molecule has 0 fully saturated rings. The third kappa shape index (κ3) is 1.73. The van der Waals surface area contributed by atoms with E-state index >= 15 is 0 Å². The number of rotatable bonds is 1. The van der Waals surface area contributed by atoms with Gasteiger partial charge in [-0.1, -0.05) is 18.2 Å². The van der Waals surface area contributed by atoms with Crippen molar-refractivity contribution < 1.29 is 9.59 Å². The zero-order chi connectivity index (χ0) is 12.6. The molecular formula is C11H12N4O2. The Morgan fingerprint density at radius 2 is 2.06 bits per heavy atom. The number of likely N-dealkylation sites (N-methyl/N-ethyl adjacent to an activating group) is 1. The predicted molar refractivity (Wildman–Crippen MR) is 63.7 cm³/mol. The minimum Gasteiger partial charge on any atom is -0.350 e. The Hall–Kier alpha value is -2.37. The summed E-state index contributed by atoms with van der Waals surface area (Å²) in [7, 11) is 3.07. The molecule has 1 aliphatic rings. The van der Waals surface area contributed by atoms with E-state index in [9.17, 15) is 9.59 Å². The van der Waals surface area contributed by atoms with Crippen LogP contribution in [0.4, 0.5) is 10.5 Å². The summed E-state index contributed by atoms with van der Waals surface area (Å²) < 4.78 is 0. The number of hydrazone groups is 1. The van der Waals surface area contributed by atoms with Crippen molar-refractivity contribution in [3.05, 3.63) is 29.8 Å². The Balaban J connectivity index is 2.50. The largest absolute Gasteiger partial charge is 0.350 e. The maximum Gasteiger partial charge on any atom is 0.334 e. The molecule has 6 nitrogen and oxygen atoms in total. The van der Waals surface area contributed by atoms with Gasteiger partial charge in [-0.3, -0.25) is 4.79 Å². The Labute approximate surface area is 98.3 Å². The number of carbonyl (C=O) groups excluding carboxylic acids is 2. The second-order valence-corrected chi connectivity index (χ2v) is 3.69. The van der Waals surface area contributed by atoms with Crippen molar-refractivity contribution in [2.75, 3.05) is 19.0 Å². The first-order chi connectivity index (χ1) is 8.02. The van der Waals surface area contributed by atoms with Gasteiger partial charge in [0.2, 0.25) is 0 Å². The summed E-state index contributed by atoms with van der Waals surface area (Å²) in [5.74, 6) is -0.251. The third-order valence-corrected chi connectivity index (χ3v) is 2.60. The van der Waals surface area contributed by atoms with E-state index < -0.39 is 6.03 Å². The fourth-order valence-electron chi connectivity index (χ4n) is 1.65. The van der Waals surface area contributed by atoms with Gasteiger partial charge in [-0.2, -0.15) is 5.10 Å². The summed E-state index contributed by atoms with van der Waals surface area (Å²) in [4.78, 5) is 24.3. The molecule has 0 saturated carbocycles. The normalized spacial score (nSPS) is 16.2. The molecule has 17 heavy (non-hydrogen) atoms. The van der Waals surface area contributed by atoms with E-state index in [0.717, 1.165) is 10.7 Å². The monoisotopic (exact) mass is 232 g/mol. The van der Waals surface area contributed by atoms with Crippen LogP contribution in [0.15, 0.2) is 29.4 Å². The molecule has 1 aliphatic heterocycles. The zero-order valence-corrected chi connectivity index (χ0v) is 9.54. The number of hydrogen-bond acceptors (Lipinski definition) is 3. The molecular weight excluding hydrogens is 220 g/mol. The fraction of sp³-hybridized carbons (Fsp3) is 0.182. The number of fused-ring (bicyclic) bond motifs is 1. The van der Waals surface area contributed by atoms with Crippen molar-refractivity contribution in [3.63, 3.8) is 0 Å². The Bertz CT molecular complexity index is 524. The van der Waals surface area contributed by atoms with Crippen LogP contribution in [0.2, 0.25) is 0 Å². The molecule has 0 aromatic heterocycles. The quantitative estimate of drug-likeness (QED) is 0.710. The molecule has 6 heteroatoms. The number of amides is 3. The number of hydrogen-bond donors (Lipinski definition) is 1. The standard InChI is InChI=1S/C11H12N4O2/c1-14-8-6-4-3-5-7(8)9(10(14)16)13-15(2)11(12)17/h3-6H,1-2H3,(H2,12,17)/b13-9-. The molecule has 3 amide bonds. The lowest BCUT2D eigenvalue weighted by molar-refractivity contribution is -0.112. The maximum absolute atomic E-state index is 11.9. The fourth-order valence-corrected chi connectivity index (χ4v) is 1.65. The summed E-state index contributed by atoms with van der Waals surface area (Å²) in [6, 6.07) is 6.54. The molecule has 1 heterocycles. The van der Waals surface area contributed by atoms with Gasteiger partial charge in [0.1, 0.15) is 0 Å². The molecule has 0 aliphatic carbocycles. The Kier molecular flexibility index (Phi) is 2.55. The summed E-state index contributed by atoms with van der Waals surface area (Å²) >= 11 is 0. The van der Waals surface area contributed by atoms with Crippen LogP contribution in [0.25, 0.3) is 0 Å². The number of nitrogens with zero attached hydrogens (tertiary/aromatic N) is 3. The molecule has 0 bridgehead atoms. The van der Waals surface area contributed by atoms with E-state index in [4.69, 9.17) is 5.73 Å². The first kappa shape index (κ1) is 11.1. The summed E-state index contributed by atoms with van der Waals surface area (Å²) in [5.41, 5.74) is 6.77. The molecule has 0 spiro atoms. The van der Waals surface area contributed by atoms with Gasteiger partial charge in [0.15, 0.2) is 5.71 Å². The van der Waals surface area contributed by atoms with Crippen LogP contribution in [-0.2, 0) is 4.79 Å². The Morgan fingerprint density at radius 1 is 1.41 bits per heavy atom. The summed E-state index contributed by atoms with van der Waals surface area (Å²) in [6.45, 7) is 0. The zero-order valence-electron chi connectivity index (χ0n) is 9.54. The molecule has 2 N–H and O–H groups in total. The van der Waals surface area contributed by atoms with Crippen LogP contribution < -0.4 is 10.6 Å². The van der Waals surface area contributed by atoms with Crippen LogP contribution in [0, 0.1) is 0 Å². The van der Waals surface area contributed by atoms with E-state index in [1.807, 2.05) is 18.2 Å². The number of benzene rings is 1. The number of para-hydroxylation sites is 1. The van der Waals surface area contributed by atoms with Crippen molar-refractivity contribution in [1.82, 2.24) is 5.01 Å². The Morgan fingerprint density at radius 3 is 2.71 bits per heavy atom. The highest BCUT2D eigenvalue weighted by Crippen LogP contribution is 2.27. The van der Waals surface area contributed by atoms with Crippen LogP contribution in [-0.4, -0.2) is 36.8 Å². The van der Waals surface area contributed by atoms with Crippen LogP contribution in [0.3, 0.4) is 0 Å². The number of nitrogens with two attached hydrogens (primary N) is 1. The number of carbonyl (C=O) groups is 2. The van der Waals surface area contributed by atoms with Gasteiger partial charge in [0.25, 0.3) is 5.91 Å². The second kappa shape index (κ2) is 3.89. The minimum absolute atomic E-state index is 0.226.